The molecular weight excluding hydrogens is 332 g/mol. The summed E-state index contributed by atoms with van der Waals surface area (Å²) in [5.74, 6) is 0.170. The summed E-state index contributed by atoms with van der Waals surface area (Å²) < 4.78 is 5.10. The van der Waals surface area contributed by atoms with E-state index in [0.717, 1.165) is 0 Å². The number of carbonyl (C=O) groups excluding carboxylic acids is 1. The first-order valence-corrected chi connectivity index (χ1v) is 7.66. The van der Waals surface area contributed by atoms with Crippen LogP contribution in [0.15, 0.2) is 59.4 Å². The number of benzene rings is 2. The Kier molecular flexibility index (Phi) is 4.76. The van der Waals surface area contributed by atoms with Crippen LogP contribution in [0.2, 0.25) is 0 Å². The number of rotatable bonds is 4. The fraction of sp³-hybridized carbons (Fsp3) is 0.0526. The summed E-state index contributed by atoms with van der Waals surface area (Å²) in [6, 6.07) is 17.0. The van der Waals surface area contributed by atoms with E-state index in [0.29, 0.717) is 28.3 Å². The molecule has 0 aliphatic carbocycles. The Labute approximate surface area is 148 Å². The zero-order chi connectivity index (χ0) is 18.5. The van der Waals surface area contributed by atoms with E-state index in [1.807, 2.05) is 6.07 Å². The molecule has 0 bridgehead atoms. The van der Waals surface area contributed by atoms with Gasteiger partial charge in [0.1, 0.15) is 11.4 Å². The van der Waals surface area contributed by atoms with Gasteiger partial charge in [-0.2, -0.15) is 10.2 Å². The Morgan fingerprint density at radius 2 is 1.96 bits per heavy atom. The van der Waals surface area contributed by atoms with E-state index in [1.54, 1.807) is 55.6 Å². The summed E-state index contributed by atoms with van der Waals surface area (Å²) in [5.41, 5.74) is 1.36. The van der Waals surface area contributed by atoms with Gasteiger partial charge in [0.05, 0.1) is 24.4 Å². The van der Waals surface area contributed by atoms with Crippen molar-refractivity contribution in [2.24, 2.45) is 0 Å². The molecular formula is C19H14N4O3. The number of nitrogens with zero attached hydrogens (tertiary/aromatic N) is 2. The number of hydrogen-bond acceptors (Lipinski definition) is 5. The third-order valence-electron chi connectivity index (χ3n) is 3.62. The fourth-order valence-corrected chi connectivity index (χ4v) is 2.35. The van der Waals surface area contributed by atoms with Crippen LogP contribution in [0.3, 0.4) is 0 Å². The molecule has 0 saturated carbocycles. The van der Waals surface area contributed by atoms with Crippen LogP contribution in [0.1, 0.15) is 16.1 Å². The summed E-state index contributed by atoms with van der Waals surface area (Å²) >= 11 is 0. The van der Waals surface area contributed by atoms with Crippen molar-refractivity contribution < 1.29 is 9.53 Å². The van der Waals surface area contributed by atoms with Crippen molar-refractivity contribution in [1.29, 1.82) is 5.26 Å². The lowest BCUT2D eigenvalue weighted by atomic mass is 10.1. The Morgan fingerprint density at radius 1 is 1.19 bits per heavy atom. The van der Waals surface area contributed by atoms with E-state index in [2.05, 4.69) is 15.3 Å². The number of aromatic nitrogens is 2. The molecule has 0 spiro atoms. The number of amides is 1. The largest absolute Gasteiger partial charge is 0.497 e. The standard InChI is InChI=1S/C19H14N4O3/c1-26-15-7-5-13(6-8-15)16-10-17(23-19(25)22-16)18(24)21-14-4-2-3-12(9-14)11-20/h2-10H,1H3,(H,21,24)(H,22,23,25). The second-order valence-electron chi connectivity index (χ2n) is 5.36. The van der Waals surface area contributed by atoms with Gasteiger partial charge in [0, 0.05) is 11.3 Å². The number of aromatic amines is 1. The van der Waals surface area contributed by atoms with E-state index in [1.165, 1.54) is 6.07 Å². The average Bonchev–Trinajstić information content (AvgIpc) is 2.67. The fourth-order valence-electron chi connectivity index (χ4n) is 2.35. The predicted molar refractivity (Wildman–Crippen MR) is 96.0 cm³/mol. The molecule has 0 fully saturated rings. The lowest BCUT2D eigenvalue weighted by Gasteiger charge is -2.07. The van der Waals surface area contributed by atoms with Crippen molar-refractivity contribution in [3.05, 3.63) is 76.3 Å². The number of ether oxygens (including phenoxy) is 1. The van der Waals surface area contributed by atoms with Gasteiger partial charge >= 0.3 is 5.69 Å². The summed E-state index contributed by atoms with van der Waals surface area (Å²) in [4.78, 5) is 30.6. The molecule has 1 amide bonds. The summed E-state index contributed by atoms with van der Waals surface area (Å²) in [7, 11) is 1.56. The summed E-state index contributed by atoms with van der Waals surface area (Å²) in [6.45, 7) is 0. The minimum atomic E-state index is -0.630. The Bertz CT molecular complexity index is 1050. The topological polar surface area (TPSA) is 108 Å². The molecule has 3 aromatic rings. The molecule has 1 heterocycles. The van der Waals surface area contributed by atoms with Crippen molar-refractivity contribution >= 4 is 11.6 Å². The van der Waals surface area contributed by atoms with Crippen LogP contribution in [0.4, 0.5) is 5.69 Å². The van der Waals surface area contributed by atoms with Crippen LogP contribution in [0.25, 0.3) is 11.3 Å². The summed E-state index contributed by atoms with van der Waals surface area (Å²) in [6.07, 6.45) is 0. The van der Waals surface area contributed by atoms with Crippen molar-refractivity contribution in [3.63, 3.8) is 0 Å². The SMILES string of the molecule is COc1ccc(-c2cc(C(=O)Nc3cccc(C#N)c3)[nH]c(=O)n2)cc1. The van der Waals surface area contributed by atoms with Crippen molar-refractivity contribution in [3.8, 4) is 23.1 Å². The normalized spacial score (nSPS) is 10.0. The molecule has 128 valence electrons. The first kappa shape index (κ1) is 16.9. The Hall–Kier alpha value is -3.92. The Morgan fingerprint density at radius 3 is 2.65 bits per heavy atom. The number of carbonyl (C=O) groups is 1. The van der Waals surface area contributed by atoms with Gasteiger partial charge < -0.3 is 15.0 Å². The first-order valence-electron chi connectivity index (χ1n) is 7.66. The molecule has 0 radical (unpaired) electrons. The number of nitrogens with one attached hydrogen (secondary N) is 2. The second kappa shape index (κ2) is 7.32. The average molecular weight is 346 g/mol. The van der Waals surface area contributed by atoms with Crippen molar-refractivity contribution in [2.45, 2.75) is 0 Å². The number of nitriles is 1. The van der Waals surface area contributed by atoms with Crippen molar-refractivity contribution in [2.75, 3.05) is 12.4 Å². The van der Waals surface area contributed by atoms with Crippen LogP contribution in [0, 0.1) is 11.3 Å². The molecule has 0 unspecified atom stereocenters. The predicted octanol–water partition coefficient (Wildman–Crippen LogP) is 2.57. The van der Waals surface area contributed by atoms with Gasteiger partial charge in [-0.05, 0) is 48.5 Å². The first-order chi connectivity index (χ1) is 12.6. The lowest BCUT2D eigenvalue weighted by Crippen LogP contribution is -2.21. The quantitative estimate of drug-likeness (QED) is 0.755. The monoisotopic (exact) mass is 346 g/mol. The van der Waals surface area contributed by atoms with Gasteiger partial charge in [-0.25, -0.2) is 4.79 Å². The maximum Gasteiger partial charge on any atom is 0.346 e. The van der Waals surface area contributed by atoms with Gasteiger partial charge in [0.2, 0.25) is 0 Å². The molecule has 0 aliphatic rings. The molecule has 0 atom stereocenters. The van der Waals surface area contributed by atoms with E-state index in [-0.39, 0.29) is 5.69 Å². The molecule has 2 aromatic carbocycles. The highest BCUT2D eigenvalue weighted by atomic mass is 16.5. The smallest absolute Gasteiger partial charge is 0.346 e. The molecule has 1 aromatic heterocycles. The van der Waals surface area contributed by atoms with Gasteiger partial charge in [0.25, 0.3) is 5.91 Å². The zero-order valence-corrected chi connectivity index (χ0v) is 13.8. The van der Waals surface area contributed by atoms with Gasteiger partial charge in [-0.3, -0.25) is 4.79 Å². The van der Waals surface area contributed by atoms with Gasteiger partial charge in [-0.15, -0.1) is 0 Å². The minimum Gasteiger partial charge on any atom is -0.497 e. The van der Waals surface area contributed by atoms with Gasteiger partial charge in [-0.1, -0.05) is 6.07 Å². The molecule has 0 aliphatic heterocycles. The summed E-state index contributed by atoms with van der Waals surface area (Å²) in [5, 5.41) is 11.6. The number of H-pyrrole nitrogens is 1. The number of methoxy groups -OCH3 is 1. The zero-order valence-electron chi connectivity index (χ0n) is 13.8. The molecule has 0 saturated heterocycles. The van der Waals surface area contributed by atoms with Crippen LogP contribution < -0.4 is 15.7 Å². The molecule has 7 nitrogen and oxygen atoms in total. The molecule has 26 heavy (non-hydrogen) atoms. The molecule has 7 heteroatoms. The van der Waals surface area contributed by atoms with Crippen LogP contribution in [0.5, 0.6) is 5.75 Å². The van der Waals surface area contributed by atoms with Gasteiger partial charge in [0.15, 0.2) is 0 Å². The van der Waals surface area contributed by atoms with Crippen molar-refractivity contribution in [1.82, 2.24) is 9.97 Å². The highest BCUT2D eigenvalue weighted by Crippen LogP contribution is 2.20. The second-order valence-corrected chi connectivity index (χ2v) is 5.36. The van der Waals surface area contributed by atoms with Crippen LogP contribution in [-0.4, -0.2) is 23.0 Å². The third-order valence-corrected chi connectivity index (χ3v) is 3.62. The van der Waals surface area contributed by atoms with E-state index >= 15 is 0 Å². The highest BCUT2D eigenvalue weighted by molar-refractivity contribution is 6.03. The molecule has 2 N–H and O–H groups in total. The Balaban J connectivity index is 1.90. The maximum absolute atomic E-state index is 12.4. The van der Waals surface area contributed by atoms with E-state index in [9.17, 15) is 9.59 Å². The van der Waals surface area contributed by atoms with Crippen LogP contribution in [-0.2, 0) is 0 Å². The minimum absolute atomic E-state index is 0.0678. The van der Waals surface area contributed by atoms with E-state index < -0.39 is 11.6 Å². The van der Waals surface area contributed by atoms with Crippen LogP contribution >= 0.6 is 0 Å². The van der Waals surface area contributed by atoms with E-state index in [4.69, 9.17) is 10.00 Å². The maximum atomic E-state index is 12.4. The highest BCUT2D eigenvalue weighted by Gasteiger charge is 2.11. The molecule has 3 rings (SSSR count). The number of hydrogen-bond donors (Lipinski definition) is 2. The lowest BCUT2D eigenvalue weighted by molar-refractivity contribution is 0.102. The number of anilines is 1. The third kappa shape index (κ3) is 3.76.